The second-order valence-corrected chi connectivity index (χ2v) is 10.5. The number of aliphatic carboxylic acids is 1. The van der Waals surface area contributed by atoms with E-state index in [-0.39, 0.29) is 13.0 Å². The van der Waals surface area contributed by atoms with Gasteiger partial charge in [0.05, 0.1) is 17.1 Å². The maximum absolute atomic E-state index is 13.5. The van der Waals surface area contributed by atoms with Crippen LogP contribution in [0.5, 0.6) is 5.75 Å². The van der Waals surface area contributed by atoms with Crippen molar-refractivity contribution in [3.8, 4) is 16.9 Å². The van der Waals surface area contributed by atoms with Gasteiger partial charge < -0.3 is 9.84 Å². The second-order valence-electron chi connectivity index (χ2n) is 8.21. The fourth-order valence-corrected chi connectivity index (χ4v) is 5.46. The van der Waals surface area contributed by atoms with Crippen molar-refractivity contribution in [1.82, 2.24) is 0 Å². The Labute approximate surface area is 204 Å². The molecule has 0 saturated heterocycles. The molecule has 0 radical (unpaired) electrons. The van der Waals surface area contributed by atoms with Crippen molar-refractivity contribution in [3.05, 3.63) is 77.3 Å². The number of benzene rings is 3. The summed E-state index contributed by atoms with van der Waals surface area (Å²) in [5.74, 6) is 0.325. The highest BCUT2D eigenvalue weighted by Crippen LogP contribution is 2.42. The molecular weight excluding hydrogens is 474 g/mol. The molecule has 8 heteroatoms. The molecule has 1 heterocycles. The smallest absolute Gasteiger partial charge is 0.303 e. The quantitative estimate of drug-likeness (QED) is 0.468. The molecule has 1 aliphatic carbocycles. The zero-order chi connectivity index (χ0) is 24.3. The molecule has 1 N–H and O–H groups in total. The molecule has 1 aliphatic heterocycles. The van der Waals surface area contributed by atoms with E-state index in [1.54, 1.807) is 13.0 Å². The third-order valence-electron chi connectivity index (χ3n) is 5.73. The minimum absolute atomic E-state index is 0.222. The van der Waals surface area contributed by atoms with E-state index in [2.05, 4.69) is 0 Å². The second kappa shape index (κ2) is 10.1. The Balaban J connectivity index is 0.000000499. The molecule has 5 rings (SSSR count). The molecule has 0 unspecified atom stereocenters. The molecular formula is C26H26ClNO5S. The molecule has 178 valence electrons. The summed E-state index contributed by atoms with van der Waals surface area (Å²) >= 11 is 6.13. The largest absolute Gasteiger partial charge is 0.489 e. The maximum Gasteiger partial charge on any atom is 0.303 e. The molecule has 3 aromatic rings. The number of carbonyl (C=O) groups is 1. The number of carboxylic acids is 1. The van der Waals surface area contributed by atoms with E-state index in [1.165, 1.54) is 4.31 Å². The van der Waals surface area contributed by atoms with Crippen molar-refractivity contribution >= 4 is 33.3 Å². The standard InChI is InChI=1S/C23H20ClNO3S.C3H6O2/c24-20-5-1-3-17(13-20)19-9-10-23-22(15-19)25(11-12-28-23)29(26,27)21-6-2-4-18(14-21)16-7-8-16;1-2-3(4)5/h1-6,9-10,13-16H,7-8,11-12H2;2H2,1H3,(H,4,5). The number of ether oxygens (including phenoxy) is 1. The lowest BCUT2D eigenvalue weighted by Gasteiger charge is -2.31. The molecule has 0 atom stereocenters. The normalized spacial score (nSPS) is 14.9. The molecule has 34 heavy (non-hydrogen) atoms. The lowest BCUT2D eigenvalue weighted by molar-refractivity contribution is -0.136. The van der Waals surface area contributed by atoms with Gasteiger partial charge in [-0.1, -0.05) is 48.9 Å². The van der Waals surface area contributed by atoms with Crippen molar-refractivity contribution in [2.75, 3.05) is 17.5 Å². The number of carboxylic acid groups (broad SMARTS) is 1. The van der Waals surface area contributed by atoms with Crippen molar-refractivity contribution in [1.29, 1.82) is 0 Å². The lowest BCUT2D eigenvalue weighted by atomic mass is 10.0. The molecule has 0 aromatic heterocycles. The van der Waals surface area contributed by atoms with Crippen LogP contribution < -0.4 is 9.04 Å². The molecule has 1 saturated carbocycles. The number of fused-ring (bicyclic) bond motifs is 1. The van der Waals surface area contributed by atoms with Crippen molar-refractivity contribution in [3.63, 3.8) is 0 Å². The highest BCUT2D eigenvalue weighted by atomic mass is 35.5. The Morgan fingerprint density at radius 2 is 1.76 bits per heavy atom. The Morgan fingerprint density at radius 3 is 2.44 bits per heavy atom. The van der Waals surface area contributed by atoms with Crippen LogP contribution in [-0.2, 0) is 14.8 Å². The van der Waals surface area contributed by atoms with Gasteiger partial charge in [0.25, 0.3) is 10.0 Å². The number of anilines is 1. The SMILES string of the molecule is CCC(=O)O.O=S(=O)(c1cccc(C2CC2)c1)N1CCOc2ccc(-c3cccc(Cl)c3)cc21. The number of rotatable bonds is 5. The average Bonchev–Trinajstić information content (AvgIpc) is 3.69. The predicted octanol–water partition coefficient (Wildman–Crippen LogP) is 5.95. The van der Waals surface area contributed by atoms with Gasteiger partial charge in [0.1, 0.15) is 12.4 Å². The summed E-state index contributed by atoms with van der Waals surface area (Å²) in [5.41, 5.74) is 3.49. The lowest BCUT2D eigenvalue weighted by Crippen LogP contribution is -2.38. The van der Waals surface area contributed by atoms with Gasteiger partial charge in [0.15, 0.2) is 0 Å². The summed E-state index contributed by atoms with van der Waals surface area (Å²) in [7, 11) is -3.68. The molecule has 0 spiro atoms. The minimum Gasteiger partial charge on any atom is -0.489 e. The van der Waals surface area contributed by atoms with Crippen LogP contribution in [0.1, 0.15) is 37.7 Å². The van der Waals surface area contributed by atoms with E-state index < -0.39 is 16.0 Å². The first-order valence-corrected chi connectivity index (χ1v) is 13.0. The van der Waals surface area contributed by atoms with Gasteiger partial charge in [-0.25, -0.2) is 8.42 Å². The zero-order valence-electron chi connectivity index (χ0n) is 18.8. The summed E-state index contributed by atoms with van der Waals surface area (Å²) in [5, 5.41) is 8.36. The van der Waals surface area contributed by atoms with Gasteiger partial charge in [-0.3, -0.25) is 9.10 Å². The first-order chi connectivity index (χ1) is 16.3. The van der Waals surface area contributed by atoms with Crippen LogP contribution in [0, 0.1) is 0 Å². The summed E-state index contributed by atoms with van der Waals surface area (Å²) < 4.78 is 34.2. The third kappa shape index (κ3) is 5.37. The van der Waals surface area contributed by atoms with E-state index in [4.69, 9.17) is 21.4 Å². The predicted molar refractivity (Wildman–Crippen MR) is 133 cm³/mol. The van der Waals surface area contributed by atoms with Gasteiger partial charge in [0, 0.05) is 11.4 Å². The van der Waals surface area contributed by atoms with Crippen molar-refractivity contribution in [2.45, 2.75) is 37.0 Å². The van der Waals surface area contributed by atoms with E-state index in [9.17, 15) is 13.2 Å². The first-order valence-electron chi connectivity index (χ1n) is 11.2. The molecule has 1 fully saturated rings. The van der Waals surface area contributed by atoms with Crippen LogP contribution in [0.15, 0.2) is 71.6 Å². The number of hydrogen-bond acceptors (Lipinski definition) is 4. The van der Waals surface area contributed by atoms with Gasteiger partial charge in [-0.15, -0.1) is 0 Å². The Morgan fingerprint density at radius 1 is 1.06 bits per heavy atom. The monoisotopic (exact) mass is 499 g/mol. The number of hydrogen-bond donors (Lipinski definition) is 1. The Hall–Kier alpha value is -3.03. The fourth-order valence-electron chi connectivity index (χ4n) is 3.76. The summed E-state index contributed by atoms with van der Waals surface area (Å²) in [6.45, 7) is 2.20. The number of nitrogens with zero attached hydrogens (tertiary/aromatic N) is 1. The summed E-state index contributed by atoms with van der Waals surface area (Å²) in [6, 6.07) is 20.5. The topological polar surface area (TPSA) is 83.9 Å². The van der Waals surface area contributed by atoms with E-state index >= 15 is 0 Å². The Bertz CT molecular complexity index is 1300. The summed E-state index contributed by atoms with van der Waals surface area (Å²) in [6.07, 6.45) is 2.49. The van der Waals surface area contributed by atoms with Crippen LogP contribution in [0.4, 0.5) is 5.69 Å². The van der Waals surface area contributed by atoms with Crippen LogP contribution in [0.25, 0.3) is 11.1 Å². The Kier molecular flexibility index (Phi) is 7.14. The van der Waals surface area contributed by atoms with Crippen molar-refractivity contribution < 1.29 is 23.1 Å². The fraction of sp³-hybridized carbons (Fsp3) is 0.269. The van der Waals surface area contributed by atoms with E-state index in [0.29, 0.717) is 33.9 Å². The van der Waals surface area contributed by atoms with Gasteiger partial charge >= 0.3 is 5.97 Å². The minimum atomic E-state index is -3.68. The van der Waals surface area contributed by atoms with Crippen LogP contribution in [0.2, 0.25) is 5.02 Å². The van der Waals surface area contributed by atoms with Gasteiger partial charge in [-0.05, 0) is 71.8 Å². The zero-order valence-corrected chi connectivity index (χ0v) is 20.3. The third-order valence-corrected chi connectivity index (χ3v) is 7.78. The van der Waals surface area contributed by atoms with Crippen LogP contribution in [0.3, 0.4) is 0 Å². The van der Waals surface area contributed by atoms with Crippen LogP contribution >= 0.6 is 11.6 Å². The molecule has 0 amide bonds. The maximum atomic E-state index is 13.5. The van der Waals surface area contributed by atoms with Crippen LogP contribution in [-0.4, -0.2) is 32.6 Å². The average molecular weight is 500 g/mol. The molecule has 2 aliphatic rings. The number of halogens is 1. The highest BCUT2D eigenvalue weighted by molar-refractivity contribution is 7.92. The molecule has 3 aromatic carbocycles. The first kappa shape index (κ1) is 24.1. The molecule has 0 bridgehead atoms. The number of sulfonamides is 1. The van der Waals surface area contributed by atoms with Crippen molar-refractivity contribution in [2.24, 2.45) is 0 Å². The van der Waals surface area contributed by atoms with E-state index in [0.717, 1.165) is 29.5 Å². The van der Waals surface area contributed by atoms with E-state index in [1.807, 2.05) is 60.7 Å². The molecule has 6 nitrogen and oxygen atoms in total. The summed E-state index contributed by atoms with van der Waals surface area (Å²) in [4.78, 5) is 9.70. The highest BCUT2D eigenvalue weighted by Gasteiger charge is 2.32. The van der Waals surface area contributed by atoms with Gasteiger partial charge in [-0.2, -0.15) is 0 Å². The van der Waals surface area contributed by atoms with Gasteiger partial charge in [0.2, 0.25) is 0 Å².